The molecule has 0 aliphatic heterocycles. The van der Waals surface area contributed by atoms with E-state index in [1.807, 2.05) is 6.92 Å². The molecule has 0 unspecified atom stereocenters. The third-order valence-electron chi connectivity index (χ3n) is 2.72. The molecule has 21 heavy (non-hydrogen) atoms. The lowest BCUT2D eigenvalue weighted by Crippen LogP contribution is -2.13. The number of halogens is 2. The highest BCUT2D eigenvalue weighted by atomic mass is 79.9. The predicted octanol–water partition coefficient (Wildman–Crippen LogP) is 3.57. The molecule has 0 amide bonds. The average Bonchev–Trinajstić information content (AvgIpc) is 2.40. The van der Waals surface area contributed by atoms with Crippen molar-refractivity contribution in [3.05, 3.63) is 57.8 Å². The number of hydrogen-bond donors (Lipinski definition) is 1. The van der Waals surface area contributed by atoms with E-state index in [1.54, 1.807) is 18.2 Å². The number of anilines is 1. The van der Waals surface area contributed by atoms with Gasteiger partial charge in [-0.15, -0.1) is 0 Å². The van der Waals surface area contributed by atoms with Gasteiger partial charge in [0, 0.05) is 4.47 Å². The summed E-state index contributed by atoms with van der Waals surface area (Å²) in [6.07, 6.45) is 0. The van der Waals surface area contributed by atoms with E-state index >= 15 is 0 Å². The lowest BCUT2D eigenvalue weighted by atomic mass is 10.2. The van der Waals surface area contributed by atoms with Gasteiger partial charge < -0.3 is 0 Å². The molecule has 0 saturated carbocycles. The van der Waals surface area contributed by atoms with Gasteiger partial charge in [0.05, 0.1) is 11.3 Å². The van der Waals surface area contributed by atoms with E-state index in [4.69, 9.17) is 5.26 Å². The Morgan fingerprint density at radius 1 is 1.24 bits per heavy atom. The Morgan fingerprint density at radius 2 is 1.95 bits per heavy atom. The van der Waals surface area contributed by atoms with E-state index < -0.39 is 15.8 Å². The average molecular weight is 369 g/mol. The van der Waals surface area contributed by atoms with Gasteiger partial charge in [-0.25, -0.2) is 12.8 Å². The quantitative estimate of drug-likeness (QED) is 0.899. The highest BCUT2D eigenvalue weighted by molar-refractivity contribution is 9.10. The first kappa shape index (κ1) is 15.5. The Bertz CT molecular complexity index is 845. The molecule has 0 aliphatic rings. The Labute approximate surface area is 130 Å². The number of hydrogen-bond acceptors (Lipinski definition) is 3. The molecule has 0 aliphatic carbocycles. The molecule has 4 nitrogen and oxygen atoms in total. The van der Waals surface area contributed by atoms with Crippen molar-refractivity contribution < 1.29 is 12.8 Å². The molecule has 2 aromatic rings. The van der Waals surface area contributed by atoms with Crippen molar-refractivity contribution in [3.8, 4) is 6.07 Å². The minimum absolute atomic E-state index is 0.0657. The number of nitrogens with one attached hydrogen (secondary N) is 1. The minimum Gasteiger partial charge on any atom is -0.280 e. The third kappa shape index (κ3) is 3.40. The Hall–Kier alpha value is -1.91. The Morgan fingerprint density at radius 3 is 2.57 bits per heavy atom. The lowest BCUT2D eigenvalue weighted by molar-refractivity contribution is 0.600. The SMILES string of the molecule is Cc1ccc(S(=O)(=O)Nc2ccc(F)c(C#N)c2)c(Br)c1. The molecule has 0 radical (unpaired) electrons. The van der Waals surface area contributed by atoms with Gasteiger partial charge in [0.25, 0.3) is 10.0 Å². The molecule has 7 heteroatoms. The number of aryl methyl sites for hydroxylation is 1. The smallest absolute Gasteiger partial charge is 0.263 e. The van der Waals surface area contributed by atoms with Crippen molar-refractivity contribution >= 4 is 31.6 Å². The van der Waals surface area contributed by atoms with E-state index in [2.05, 4.69) is 20.7 Å². The summed E-state index contributed by atoms with van der Waals surface area (Å²) in [6, 6.07) is 9.93. The zero-order valence-corrected chi connectivity index (χ0v) is 13.3. The summed E-state index contributed by atoms with van der Waals surface area (Å²) >= 11 is 3.20. The van der Waals surface area contributed by atoms with Crippen LogP contribution in [0.2, 0.25) is 0 Å². The fraction of sp³-hybridized carbons (Fsp3) is 0.0714. The van der Waals surface area contributed by atoms with Gasteiger partial charge in [-0.1, -0.05) is 6.07 Å². The molecular weight excluding hydrogens is 359 g/mol. The summed E-state index contributed by atoms with van der Waals surface area (Å²) in [5, 5.41) is 8.76. The number of sulfonamides is 1. The number of rotatable bonds is 3. The van der Waals surface area contributed by atoms with Crippen molar-refractivity contribution in [1.29, 1.82) is 5.26 Å². The standard InChI is InChI=1S/C14H10BrFN2O2S/c1-9-2-5-14(12(15)6-9)21(19,20)18-11-3-4-13(16)10(7-11)8-17/h2-7,18H,1H3. The van der Waals surface area contributed by atoms with Gasteiger partial charge in [0.15, 0.2) is 0 Å². The zero-order chi connectivity index (χ0) is 15.6. The van der Waals surface area contributed by atoms with Crippen LogP contribution in [0.3, 0.4) is 0 Å². The molecule has 0 aromatic heterocycles. The molecule has 0 saturated heterocycles. The second-order valence-corrected chi connectivity index (χ2v) is 6.85. The first-order valence-electron chi connectivity index (χ1n) is 5.82. The van der Waals surface area contributed by atoms with Crippen molar-refractivity contribution in [3.63, 3.8) is 0 Å². The number of nitrogens with zero attached hydrogens (tertiary/aromatic N) is 1. The molecule has 0 bridgehead atoms. The molecule has 0 atom stereocenters. The molecule has 2 rings (SSSR count). The van der Waals surface area contributed by atoms with Gasteiger partial charge in [-0.3, -0.25) is 4.72 Å². The van der Waals surface area contributed by atoms with Crippen LogP contribution in [0.15, 0.2) is 45.8 Å². The summed E-state index contributed by atoms with van der Waals surface area (Å²) in [7, 11) is -3.83. The van der Waals surface area contributed by atoms with Crippen LogP contribution in [0, 0.1) is 24.1 Å². The van der Waals surface area contributed by atoms with Crippen LogP contribution >= 0.6 is 15.9 Å². The number of nitriles is 1. The van der Waals surface area contributed by atoms with Crippen LogP contribution in [0.1, 0.15) is 11.1 Å². The maximum atomic E-state index is 13.2. The van der Waals surface area contributed by atoms with Crippen molar-refractivity contribution in [2.45, 2.75) is 11.8 Å². The fourth-order valence-corrected chi connectivity index (χ4v) is 3.95. The Kier molecular flexibility index (Phi) is 4.30. The van der Waals surface area contributed by atoms with E-state index in [1.165, 1.54) is 12.1 Å². The van der Waals surface area contributed by atoms with Crippen LogP contribution in [0.4, 0.5) is 10.1 Å². The summed E-state index contributed by atoms with van der Waals surface area (Å²) in [6.45, 7) is 1.84. The van der Waals surface area contributed by atoms with Crippen LogP contribution < -0.4 is 4.72 Å². The monoisotopic (exact) mass is 368 g/mol. The third-order valence-corrected chi connectivity index (χ3v) is 5.07. The van der Waals surface area contributed by atoms with Gasteiger partial charge in [0.2, 0.25) is 0 Å². The second-order valence-electron chi connectivity index (χ2n) is 4.35. The first-order chi connectivity index (χ1) is 9.83. The molecule has 0 spiro atoms. The van der Waals surface area contributed by atoms with Crippen molar-refractivity contribution in [2.75, 3.05) is 4.72 Å². The molecule has 0 fully saturated rings. The fourth-order valence-electron chi connectivity index (χ4n) is 1.71. The minimum atomic E-state index is -3.83. The van der Waals surface area contributed by atoms with Crippen LogP contribution in [0.5, 0.6) is 0 Å². The molecule has 0 heterocycles. The van der Waals surface area contributed by atoms with Crippen LogP contribution in [-0.4, -0.2) is 8.42 Å². The summed E-state index contributed by atoms with van der Waals surface area (Å²) in [4.78, 5) is 0.0657. The maximum Gasteiger partial charge on any atom is 0.263 e. The molecular formula is C14H10BrFN2O2S. The van der Waals surface area contributed by atoms with Gasteiger partial charge >= 0.3 is 0 Å². The summed E-state index contributed by atoms with van der Waals surface area (Å²) in [5.74, 6) is -0.697. The van der Waals surface area contributed by atoms with Gasteiger partial charge in [-0.05, 0) is 58.7 Å². The van der Waals surface area contributed by atoms with Gasteiger partial charge in [-0.2, -0.15) is 5.26 Å². The second kappa shape index (κ2) is 5.84. The molecule has 1 N–H and O–H groups in total. The largest absolute Gasteiger partial charge is 0.280 e. The van der Waals surface area contributed by atoms with Gasteiger partial charge in [0.1, 0.15) is 16.8 Å². The van der Waals surface area contributed by atoms with Crippen LogP contribution in [0.25, 0.3) is 0 Å². The van der Waals surface area contributed by atoms with E-state index in [0.717, 1.165) is 17.7 Å². The Balaban J connectivity index is 2.40. The first-order valence-corrected chi connectivity index (χ1v) is 8.10. The lowest BCUT2D eigenvalue weighted by Gasteiger charge is -2.10. The van der Waals surface area contributed by atoms with E-state index in [-0.39, 0.29) is 16.1 Å². The predicted molar refractivity (Wildman–Crippen MR) is 80.8 cm³/mol. The highest BCUT2D eigenvalue weighted by Crippen LogP contribution is 2.25. The van der Waals surface area contributed by atoms with E-state index in [9.17, 15) is 12.8 Å². The normalized spacial score (nSPS) is 11.0. The summed E-state index contributed by atoms with van der Waals surface area (Å²) < 4.78 is 40.6. The highest BCUT2D eigenvalue weighted by Gasteiger charge is 2.18. The maximum absolute atomic E-state index is 13.2. The molecule has 108 valence electrons. The number of benzene rings is 2. The van der Waals surface area contributed by atoms with E-state index in [0.29, 0.717) is 4.47 Å². The van der Waals surface area contributed by atoms with Crippen molar-refractivity contribution in [1.82, 2.24) is 0 Å². The van der Waals surface area contributed by atoms with Crippen molar-refractivity contribution in [2.24, 2.45) is 0 Å². The molecule has 2 aromatic carbocycles. The topological polar surface area (TPSA) is 70.0 Å². The zero-order valence-electron chi connectivity index (χ0n) is 10.9. The van der Waals surface area contributed by atoms with Crippen LogP contribution in [-0.2, 0) is 10.0 Å². The summed E-state index contributed by atoms with van der Waals surface area (Å²) in [5.41, 5.74) is 0.813.